The minimum Gasteiger partial charge on any atom is -0.461 e. The monoisotopic (exact) mass is 406 g/mol. The van der Waals surface area contributed by atoms with Crippen molar-refractivity contribution >= 4 is 5.97 Å². The van der Waals surface area contributed by atoms with Crippen molar-refractivity contribution in [2.75, 3.05) is 20.8 Å². The lowest BCUT2D eigenvalue weighted by Gasteiger charge is -2.35. The molecule has 0 saturated carbocycles. The SMILES string of the molecule is C=C1CC/C=C(\C)CC[C@H](/C(=C\C=C\C(C)(C)O)COC(C)=O)[C@H]1C(OC)OC. The number of rotatable bonds is 8. The molecule has 0 fully saturated rings. The molecule has 1 rings (SSSR count). The maximum atomic E-state index is 11.5. The van der Waals surface area contributed by atoms with E-state index in [0.717, 1.165) is 36.8 Å². The zero-order valence-corrected chi connectivity index (χ0v) is 18.9. The Labute approximate surface area is 176 Å². The number of carbonyl (C=O) groups is 1. The van der Waals surface area contributed by atoms with Gasteiger partial charge in [-0.3, -0.25) is 4.79 Å². The van der Waals surface area contributed by atoms with Crippen LogP contribution in [0.1, 0.15) is 53.4 Å². The molecule has 164 valence electrons. The van der Waals surface area contributed by atoms with Crippen molar-refractivity contribution in [3.8, 4) is 0 Å². The molecule has 0 amide bonds. The third kappa shape index (κ3) is 9.11. The Morgan fingerprint density at radius 2 is 2.00 bits per heavy atom. The fourth-order valence-electron chi connectivity index (χ4n) is 3.68. The van der Waals surface area contributed by atoms with E-state index in [1.807, 2.05) is 12.2 Å². The lowest BCUT2D eigenvalue weighted by molar-refractivity contribution is -0.142. The van der Waals surface area contributed by atoms with Gasteiger partial charge in [0.15, 0.2) is 6.29 Å². The highest BCUT2D eigenvalue weighted by atomic mass is 16.7. The van der Waals surface area contributed by atoms with Gasteiger partial charge in [-0.15, -0.1) is 0 Å². The van der Waals surface area contributed by atoms with Crippen LogP contribution >= 0.6 is 0 Å². The lowest BCUT2D eigenvalue weighted by atomic mass is 9.77. The average molecular weight is 407 g/mol. The van der Waals surface area contributed by atoms with Gasteiger partial charge in [-0.1, -0.05) is 42.0 Å². The normalized spacial score (nSPS) is 24.1. The van der Waals surface area contributed by atoms with Gasteiger partial charge in [0.2, 0.25) is 0 Å². The first kappa shape index (κ1) is 25.3. The summed E-state index contributed by atoms with van der Waals surface area (Å²) in [4.78, 5) is 11.5. The van der Waals surface area contributed by atoms with Gasteiger partial charge in [-0.25, -0.2) is 0 Å². The van der Waals surface area contributed by atoms with Gasteiger partial charge in [0, 0.05) is 27.1 Å². The van der Waals surface area contributed by atoms with E-state index in [-0.39, 0.29) is 24.4 Å². The molecule has 0 unspecified atom stereocenters. The van der Waals surface area contributed by atoms with Crippen molar-refractivity contribution in [1.82, 2.24) is 0 Å². The van der Waals surface area contributed by atoms with Crippen LogP contribution in [0.5, 0.6) is 0 Å². The van der Waals surface area contributed by atoms with Crippen LogP contribution in [0.3, 0.4) is 0 Å². The molecule has 0 spiro atoms. The fourth-order valence-corrected chi connectivity index (χ4v) is 3.68. The zero-order valence-electron chi connectivity index (χ0n) is 18.9. The van der Waals surface area contributed by atoms with Crippen LogP contribution in [-0.2, 0) is 19.0 Å². The van der Waals surface area contributed by atoms with E-state index in [4.69, 9.17) is 14.2 Å². The first-order valence-electron chi connectivity index (χ1n) is 10.2. The smallest absolute Gasteiger partial charge is 0.302 e. The second-order valence-electron chi connectivity index (χ2n) is 8.29. The van der Waals surface area contributed by atoms with Crippen LogP contribution in [-0.4, -0.2) is 43.8 Å². The third-order valence-corrected chi connectivity index (χ3v) is 5.20. The number of methoxy groups -OCH3 is 2. The van der Waals surface area contributed by atoms with Crippen LogP contribution < -0.4 is 0 Å². The van der Waals surface area contributed by atoms with Crippen molar-refractivity contribution < 1.29 is 24.1 Å². The van der Waals surface area contributed by atoms with Crippen LogP contribution in [0.15, 0.2) is 47.6 Å². The lowest BCUT2D eigenvalue weighted by Crippen LogP contribution is -2.34. The molecule has 5 nitrogen and oxygen atoms in total. The highest BCUT2D eigenvalue weighted by Crippen LogP contribution is 2.38. The van der Waals surface area contributed by atoms with Gasteiger partial charge >= 0.3 is 5.97 Å². The van der Waals surface area contributed by atoms with Gasteiger partial charge in [0.25, 0.3) is 0 Å². The molecule has 0 aliphatic heterocycles. The Bertz CT molecular complexity index is 632. The standard InChI is InChI=1S/C24H38O5/c1-17-10-8-11-18(2)22(23(27-6)28-7)21(14-13-17)20(16-29-19(3)25)12-9-15-24(4,5)26/h9-10,12,15,21-23,26H,2,8,11,13-14,16H2,1,3-7H3/b15-9+,17-10+,20-12-/t21-,22+/m1/s1. The molecule has 0 heterocycles. The van der Waals surface area contributed by atoms with Gasteiger partial charge in [-0.05, 0) is 57.9 Å². The van der Waals surface area contributed by atoms with Crippen LogP contribution in [0.25, 0.3) is 0 Å². The molecule has 1 aliphatic rings. The van der Waals surface area contributed by atoms with Crippen molar-refractivity contribution in [2.45, 2.75) is 65.3 Å². The first-order valence-corrected chi connectivity index (χ1v) is 10.2. The number of esters is 1. The highest BCUT2D eigenvalue weighted by Gasteiger charge is 2.34. The van der Waals surface area contributed by atoms with E-state index in [9.17, 15) is 9.90 Å². The molecule has 0 aromatic rings. The summed E-state index contributed by atoms with van der Waals surface area (Å²) < 4.78 is 16.7. The Kier molecular flexibility index (Phi) is 10.6. The maximum absolute atomic E-state index is 11.5. The number of allylic oxidation sites excluding steroid dienone is 4. The van der Waals surface area contributed by atoms with Gasteiger partial charge in [0.05, 0.1) is 5.60 Å². The van der Waals surface area contributed by atoms with E-state index in [2.05, 4.69) is 19.6 Å². The summed E-state index contributed by atoms with van der Waals surface area (Å²) in [6, 6.07) is 0. The molecular formula is C24H38O5. The van der Waals surface area contributed by atoms with Gasteiger partial charge in [-0.2, -0.15) is 0 Å². The molecule has 0 aromatic carbocycles. The number of hydrogen-bond donors (Lipinski definition) is 1. The molecule has 1 N–H and O–H groups in total. The summed E-state index contributed by atoms with van der Waals surface area (Å²) in [5, 5.41) is 10.0. The van der Waals surface area contributed by atoms with E-state index in [0.29, 0.717) is 0 Å². The first-order chi connectivity index (χ1) is 13.6. The highest BCUT2D eigenvalue weighted by molar-refractivity contribution is 5.66. The number of hydrogen-bond acceptors (Lipinski definition) is 5. The zero-order chi connectivity index (χ0) is 22.0. The molecule has 1 aliphatic carbocycles. The van der Waals surface area contributed by atoms with Crippen molar-refractivity contribution in [3.05, 3.63) is 47.6 Å². The van der Waals surface area contributed by atoms with Crippen molar-refractivity contribution in [1.29, 1.82) is 0 Å². The van der Waals surface area contributed by atoms with Gasteiger partial charge < -0.3 is 19.3 Å². The number of aliphatic hydroxyl groups is 1. The van der Waals surface area contributed by atoms with E-state index in [1.165, 1.54) is 12.5 Å². The quantitative estimate of drug-likeness (QED) is 0.273. The number of carbonyl (C=O) groups excluding carboxylic acids is 1. The van der Waals surface area contributed by atoms with Crippen LogP contribution in [0.4, 0.5) is 0 Å². The summed E-state index contributed by atoms with van der Waals surface area (Å²) in [6.45, 7) is 11.5. The molecule has 2 atom stereocenters. The molecule has 0 radical (unpaired) electrons. The van der Waals surface area contributed by atoms with Crippen molar-refractivity contribution in [2.24, 2.45) is 11.8 Å². The van der Waals surface area contributed by atoms with Gasteiger partial charge in [0.1, 0.15) is 6.61 Å². The minimum atomic E-state index is -0.925. The summed E-state index contributed by atoms with van der Waals surface area (Å²) >= 11 is 0. The number of ether oxygens (including phenoxy) is 3. The summed E-state index contributed by atoms with van der Waals surface area (Å²) in [5.74, 6) is -0.367. The minimum absolute atomic E-state index is 0.0275. The van der Waals surface area contributed by atoms with Crippen LogP contribution in [0.2, 0.25) is 0 Å². The molecule has 5 heteroatoms. The Hall–Kier alpha value is -1.69. The molecular weight excluding hydrogens is 368 g/mol. The predicted octanol–water partition coefficient (Wildman–Crippen LogP) is 4.73. The van der Waals surface area contributed by atoms with E-state index < -0.39 is 11.9 Å². The Balaban J connectivity index is 3.39. The summed E-state index contributed by atoms with van der Waals surface area (Å²) in [5.41, 5.74) is 2.44. The second-order valence-corrected chi connectivity index (χ2v) is 8.29. The summed E-state index contributed by atoms with van der Waals surface area (Å²) in [6.07, 6.45) is 10.9. The fraction of sp³-hybridized carbons (Fsp3) is 0.625. The molecule has 0 aromatic heterocycles. The summed E-state index contributed by atoms with van der Waals surface area (Å²) in [7, 11) is 3.27. The maximum Gasteiger partial charge on any atom is 0.302 e. The topological polar surface area (TPSA) is 65.0 Å². The average Bonchev–Trinajstić information content (AvgIpc) is 2.69. The Morgan fingerprint density at radius 1 is 1.34 bits per heavy atom. The van der Waals surface area contributed by atoms with Crippen molar-refractivity contribution in [3.63, 3.8) is 0 Å². The molecule has 0 saturated heterocycles. The predicted molar refractivity (Wildman–Crippen MR) is 116 cm³/mol. The largest absolute Gasteiger partial charge is 0.461 e. The van der Waals surface area contributed by atoms with E-state index in [1.54, 1.807) is 34.1 Å². The Morgan fingerprint density at radius 3 is 2.55 bits per heavy atom. The molecule has 0 bridgehead atoms. The van der Waals surface area contributed by atoms with Crippen LogP contribution in [0, 0.1) is 11.8 Å². The molecule has 29 heavy (non-hydrogen) atoms. The third-order valence-electron chi connectivity index (χ3n) is 5.20. The second kappa shape index (κ2) is 12.1. The van der Waals surface area contributed by atoms with E-state index >= 15 is 0 Å².